The van der Waals surface area contributed by atoms with Crippen molar-refractivity contribution in [2.24, 2.45) is 0 Å². The van der Waals surface area contributed by atoms with E-state index in [0.717, 1.165) is 41.0 Å². The summed E-state index contributed by atoms with van der Waals surface area (Å²) in [6, 6.07) is 16.6. The molecule has 30 heavy (non-hydrogen) atoms. The van der Waals surface area contributed by atoms with Gasteiger partial charge >= 0.3 is 0 Å². The highest BCUT2D eigenvalue weighted by Crippen LogP contribution is 2.34. The zero-order chi connectivity index (χ0) is 21.3. The summed E-state index contributed by atoms with van der Waals surface area (Å²) >= 11 is 0. The highest BCUT2D eigenvalue weighted by molar-refractivity contribution is 5.84. The molecule has 0 bridgehead atoms. The van der Waals surface area contributed by atoms with Gasteiger partial charge < -0.3 is 9.64 Å². The van der Waals surface area contributed by atoms with Gasteiger partial charge in [0, 0.05) is 30.4 Å². The summed E-state index contributed by atoms with van der Waals surface area (Å²) in [7, 11) is 0. The van der Waals surface area contributed by atoms with E-state index in [2.05, 4.69) is 49.9 Å². The van der Waals surface area contributed by atoms with Crippen LogP contribution in [0.2, 0.25) is 0 Å². The molecule has 0 unspecified atom stereocenters. The van der Waals surface area contributed by atoms with Crippen LogP contribution in [-0.4, -0.2) is 35.3 Å². The van der Waals surface area contributed by atoms with E-state index in [9.17, 15) is 5.26 Å². The summed E-state index contributed by atoms with van der Waals surface area (Å²) in [6.07, 6.45) is 2.12. The SMILES string of the molecule is Cc1cccc(-c2cnc(N3C[C@@H](C)O[C@@H](C)C3)nc2-c2cccc(C)c2C#N)c1. The first-order chi connectivity index (χ1) is 14.5. The monoisotopic (exact) mass is 398 g/mol. The normalized spacial score (nSPS) is 18.8. The lowest BCUT2D eigenvalue weighted by Crippen LogP contribution is -2.46. The molecule has 4 rings (SSSR count). The van der Waals surface area contributed by atoms with Crippen LogP contribution in [0.1, 0.15) is 30.5 Å². The molecule has 1 fully saturated rings. The molecule has 0 amide bonds. The van der Waals surface area contributed by atoms with Gasteiger partial charge in [0.25, 0.3) is 0 Å². The first kappa shape index (κ1) is 20.1. The second-order valence-corrected chi connectivity index (χ2v) is 8.07. The topological polar surface area (TPSA) is 62.0 Å². The van der Waals surface area contributed by atoms with Gasteiger partial charge in [0.1, 0.15) is 6.07 Å². The minimum absolute atomic E-state index is 0.117. The Bertz CT molecular complexity index is 1110. The van der Waals surface area contributed by atoms with Gasteiger partial charge in [-0.2, -0.15) is 5.26 Å². The number of hydrogen-bond acceptors (Lipinski definition) is 5. The average molecular weight is 399 g/mol. The molecule has 3 aromatic rings. The van der Waals surface area contributed by atoms with Gasteiger partial charge in [-0.25, -0.2) is 9.97 Å². The Morgan fingerprint density at radius 2 is 1.77 bits per heavy atom. The van der Waals surface area contributed by atoms with E-state index in [4.69, 9.17) is 14.7 Å². The maximum Gasteiger partial charge on any atom is 0.226 e. The lowest BCUT2D eigenvalue weighted by atomic mass is 9.94. The molecular weight excluding hydrogens is 372 g/mol. The molecule has 152 valence electrons. The zero-order valence-electron chi connectivity index (χ0n) is 17.9. The van der Waals surface area contributed by atoms with Gasteiger partial charge in [0.15, 0.2) is 0 Å². The van der Waals surface area contributed by atoms with E-state index in [1.54, 1.807) is 0 Å². The average Bonchev–Trinajstić information content (AvgIpc) is 2.72. The quantitative estimate of drug-likeness (QED) is 0.627. The predicted molar refractivity (Wildman–Crippen MR) is 119 cm³/mol. The molecule has 5 heteroatoms. The van der Waals surface area contributed by atoms with Crippen LogP contribution in [0.15, 0.2) is 48.7 Å². The predicted octanol–water partition coefficient (Wildman–Crippen LogP) is 4.91. The zero-order valence-corrected chi connectivity index (χ0v) is 17.9. The fourth-order valence-electron chi connectivity index (χ4n) is 4.11. The van der Waals surface area contributed by atoms with E-state index < -0.39 is 0 Å². The van der Waals surface area contributed by atoms with Gasteiger partial charge in [-0.1, -0.05) is 48.0 Å². The van der Waals surface area contributed by atoms with Crippen molar-refractivity contribution in [1.29, 1.82) is 5.26 Å². The van der Waals surface area contributed by atoms with Gasteiger partial charge in [-0.3, -0.25) is 0 Å². The smallest absolute Gasteiger partial charge is 0.226 e. The molecule has 1 aromatic heterocycles. The third kappa shape index (κ3) is 3.92. The molecule has 0 saturated carbocycles. The molecule has 0 aliphatic carbocycles. The number of nitrogens with zero attached hydrogens (tertiary/aromatic N) is 4. The molecule has 1 aliphatic rings. The van der Waals surface area contributed by atoms with Crippen LogP contribution < -0.4 is 4.90 Å². The number of morpholine rings is 1. The van der Waals surface area contributed by atoms with Crippen molar-refractivity contribution in [1.82, 2.24) is 9.97 Å². The Morgan fingerprint density at radius 1 is 1.03 bits per heavy atom. The number of ether oxygens (including phenoxy) is 1. The Balaban J connectivity index is 1.90. The number of nitriles is 1. The van der Waals surface area contributed by atoms with Crippen LogP contribution in [0.25, 0.3) is 22.4 Å². The largest absolute Gasteiger partial charge is 0.372 e. The summed E-state index contributed by atoms with van der Waals surface area (Å²) in [5, 5.41) is 9.83. The van der Waals surface area contributed by atoms with Crippen molar-refractivity contribution in [3.63, 3.8) is 0 Å². The minimum Gasteiger partial charge on any atom is -0.372 e. The standard InChI is InChI=1S/C25H26N4O/c1-16-7-5-9-20(11-16)23-13-27-25(29-14-18(3)30-19(4)15-29)28-24(23)21-10-6-8-17(2)22(21)12-26/h5-11,13,18-19H,14-15H2,1-4H3/t18-,19+. The second kappa shape index (κ2) is 8.25. The van der Waals surface area contributed by atoms with Crippen molar-refractivity contribution in [2.45, 2.75) is 39.9 Å². The minimum atomic E-state index is 0.117. The molecule has 0 radical (unpaired) electrons. The van der Waals surface area contributed by atoms with Crippen molar-refractivity contribution < 1.29 is 4.74 Å². The highest BCUT2D eigenvalue weighted by atomic mass is 16.5. The van der Waals surface area contributed by atoms with Crippen molar-refractivity contribution >= 4 is 5.95 Å². The van der Waals surface area contributed by atoms with Crippen molar-refractivity contribution in [2.75, 3.05) is 18.0 Å². The lowest BCUT2D eigenvalue weighted by molar-refractivity contribution is -0.00571. The van der Waals surface area contributed by atoms with Crippen LogP contribution >= 0.6 is 0 Å². The molecule has 0 spiro atoms. The molecule has 5 nitrogen and oxygen atoms in total. The van der Waals surface area contributed by atoms with E-state index in [-0.39, 0.29) is 12.2 Å². The maximum atomic E-state index is 9.83. The number of aromatic nitrogens is 2. The van der Waals surface area contributed by atoms with Crippen molar-refractivity contribution in [3.8, 4) is 28.5 Å². The third-order valence-electron chi connectivity index (χ3n) is 5.45. The highest BCUT2D eigenvalue weighted by Gasteiger charge is 2.25. The Hall–Kier alpha value is -3.23. The summed E-state index contributed by atoms with van der Waals surface area (Å²) < 4.78 is 5.87. The summed E-state index contributed by atoms with van der Waals surface area (Å²) in [6.45, 7) is 9.65. The molecule has 1 saturated heterocycles. The second-order valence-electron chi connectivity index (χ2n) is 8.07. The van der Waals surface area contributed by atoms with Crippen LogP contribution in [0.5, 0.6) is 0 Å². The van der Waals surface area contributed by atoms with Crippen LogP contribution in [0.4, 0.5) is 5.95 Å². The molecule has 0 N–H and O–H groups in total. The first-order valence-electron chi connectivity index (χ1n) is 10.3. The number of hydrogen-bond donors (Lipinski definition) is 0. The number of anilines is 1. The van der Waals surface area contributed by atoms with Gasteiger partial charge in [-0.15, -0.1) is 0 Å². The third-order valence-corrected chi connectivity index (χ3v) is 5.45. The number of benzene rings is 2. The van der Waals surface area contributed by atoms with Gasteiger partial charge in [-0.05, 0) is 38.8 Å². The fourth-order valence-corrected chi connectivity index (χ4v) is 4.11. The summed E-state index contributed by atoms with van der Waals surface area (Å²) in [5.74, 6) is 0.675. The van der Waals surface area contributed by atoms with E-state index in [1.165, 1.54) is 5.56 Å². The number of aryl methyl sites for hydroxylation is 2. The summed E-state index contributed by atoms with van der Waals surface area (Å²) in [5.41, 5.74) is 6.37. The van der Waals surface area contributed by atoms with Gasteiger partial charge in [0.05, 0.1) is 23.5 Å². The summed E-state index contributed by atoms with van der Waals surface area (Å²) in [4.78, 5) is 11.9. The van der Waals surface area contributed by atoms with Crippen LogP contribution in [-0.2, 0) is 4.74 Å². The van der Waals surface area contributed by atoms with E-state index >= 15 is 0 Å². The lowest BCUT2D eigenvalue weighted by Gasteiger charge is -2.35. The fraction of sp³-hybridized carbons (Fsp3) is 0.320. The molecule has 1 aliphatic heterocycles. The van der Waals surface area contributed by atoms with E-state index in [1.807, 2.05) is 37.4 Å². The Labute approximate surface area is 178 Å². The molecular formula is C25H26N4O. The van der Waals surface area contributed by atoms with Crippen molar-refractivity contribution in [3.05, 3.63) is 65.4 Å². The van der Waals surface area contributed by atoms with Crippen LogP contribution in [0, 0.1) is 25.2 Å². The number of rotatable bonds is 3. The molecule has 2 atom stereocenters. The Morgan fingerprint density at radius 3 is 2.47 bits per heavy atom. The van der Waals surface area contributed by atoms with E-state index in [0.29, 0.717) is 11.5 Å². The van der Waals surface area contributed by atoms with Gasteiger partial charge in [0.2, 0.25) is 5.95 Å². The van der Waals surface area contributed by atoms with Crippen LogP contribution in [0.3, 0.4) is 0 Å². The molecule has 2 heterocycles. The molecule has 2 aromatic carbocycles. The first-order valence-corrected chi connectivity index (χ1v) is 10.3. The maximum absolute atomic E-state index is 9.83. The Kier molecular flexibility index (Phi) is 5.52.